The second-order valence-electron chi connectivity index (χ2n) is 6.65. The normalized spacial score (nSPS) is 11.0. The molecule has 4 rings (SSSR count). The summed E-state index contributed by atoms with van der Waals surface area (Å²) >= 11 is 19.9. The van der Waals surface area contributed by atoms with Crippen LogP contribution in [-0.2, 0) is 13.1 Å². The highest BCUT2D eigenvalue weighted by atomic mass is 35.5. The number of nitrogens with zero attached hydrogens (tertiary/aromatic N) is 5. The standard InChI is InChI=1S/C19H13Cl3N6O3S/c20-14-2-1-3-15(21)13(14)8-27-9-16(22)18(25-27)24-19(29)17-4-11(10-32-17)6-26-7-12(5-23-26)28(30)31/h1-5,7,9-10H,6,8H2,(H,24,25,29). The summed E-state index contributed by atoms with van der Waals surface area (Å²) in [6.45, 7) is 0.582. The third kappa shape index (κ3) is 4.94. The Balaban J connectivity index is 1.43. The zero-order valence-electron chi connectivity index (χ0n) is 16.0. The second-order valence-corrected chi connectivity index (χ2v) is 8.78. The van der Waals surface area contributed by atoms with Crippen molar-refractivity contribution in [3.63, 3.8) is 0 Å². The summed E-state index contributed by atoms with van der Waals surface area (Å²) in [7, 11) is 0. The molecule has 0 aliphatic heterocycles. The Morgan fingerprint density at radius 1 is 1.12 bits per heavy atom. The molecule has 32 heavy (non-hydrogen) atoms. The average molecular weight is 512 g/mol. The van der Waals surface area contributed by atoms with Crippen LogP contribution in [0.3, 0.4) is 0 Å². The van der Waals surface area contributed by atoms with E-state index in [1.165, 1.54) is 33.1 Å². The van der Waals surface area contributed by atoms with Crippen molar-refractivity contribution in [1.82, 2.24) is 19.6 Å². The predicted octanol–water partition coefficient (Wildman–Crippen LogP) is 5.36. The molecule has 13 heteroatoms. The van der Waals surface area contributed by atoms with E-state index >= 15 is 0 Å². The van der Waals surface area contributed by atoms with E-state index < -0.39 is 4.92 Å². The van der Waals surface area contributed by atoms with Gasteiger partial charge in [-0.25, -0.2) is 0 Å². The number of halogens is 3. The van der Waals surface area contributed by atoms with Gasteiger partial charge in [0.15, 0.2) is 5.82 Å². The maximum atomic E-state index is 12.6. The van der Waals surface area contributed by atoms with Gasteiger partial charge in [0.2, 0.25) is 0 Å². The number of thiophene rings is 1. The van der Waals surface area contributed by atoms with Gasteiger partial charge in [0.1, 0.15) is 17.4 Å². The minimum Gasteiger partial charge on any atom is -0.303 e. The second kappa shape index (κ2) is 9.29. The molecule has 0 saturated heterocycles. The van der Waals surface area contributed by atoms with Crippen molar-refractivity contribution in [3.05, 3.63) is 89.4 Å². The van der Waals surface area contributed by atoms with E-state index in [0.717, 1.165) is 5.56 Å². The van der Waals surface area contributed by atoms with Crippen molar-refractivity contribution >= 4 is 63.6 Å². The number of aromatic nitrogens is 4. The van der Waals surface area contributed by atoms with Crippen LogP contribution in [0.2, 0.25) is 15.1 Å². The van der Waals surface area contributed by atoms with Crippen LogP contribution >= 0.6 is 46.1 Å². The molecule has 3 aromatic heterocycles. The molecule has 0 saturated carbocycles. The Morgan fingerprint density at radius 2 is 1.88 bits per heavy atom. The summed E-state index contributed by atoms with van der Waals surface area (Å²) in [5.41, 5.74) is 1.37. The van der Waals surface area contributed by atoms with Gasteiger partial charge in [-0.05, 0) is 29.1 Å². The van der Waals surface area contributed by atoms with Gasteiger partial charge in [0.05, 0.1) is 22.9 Å². The number of benzene rings is 1. The molecule has 0 spiro atoms. The summed E-state index contributed by atoms with van der Waals surface area (Å²) in [6.07, 6.45) is 4.07. The van der Waals surface area contributed by atoms with Crippen molar-refractivity contribution < 1.29 is 9.72 Å². The van der Waals surface area contributed by atoms with E-state index in [2.05, 4.69) is 15.5 Å². The first-order valence-corrected chi connectivity index (χ1v) is 11.0. The van der Waals surface area contributed by atoms with Gasteiger partial charge in [-0.15, -0.1) is 11.3 Å². The number of carbonyl (C=O) groups excluding carboxylic acids is 1. The first-order valence-electron chi connectivity index (χ1n) is 9.01. The molecule has 1 aromatic carbocycles. The summed E-state index contributed by atoms with van der Waals surface area (Å²) in [5.74, 6) is -0.173. The van der Waals surface area contributed by atoms with Crippen LogP contribution in [0.25, 0.3) is 0 Å². The molecule has 0 unspecified atom stereocenters. The van der Waals surface area contributed by atoms with Gasteiger partial charge in [-0.1, -0.05) is 40.9 Å². The van der Waals surface area contributed by atoms with Crippen LogP contribution in [0, 0.1) is 10.1 Å². The Bertz CT molecular complexity index is 1300. The fraction of sp³-hybridized carbons (Fsp3) is 0.105. The number of amides is 1. The number of nitrogens with one attached hydrogen (secondary N) is 1. The van der Waals surface area contributed by atoms with Crippen LogP contribution in [0.4, 0.5) is 11.5 Å². The highest BCUT2D eigenvalue weighted by Crippen LogP contribution is 2.27. The molecule has 9 nitrogen and oxygen atoms in total. The van der Waals surface area contributed by atoms with Crippen molar-refractivity contribution in [2.75, 3.05) is 5.32 Å². The zero-order valence-corrected chi connectivity index (χ0v) is 19.1. The molecule has 0 aliphatic carbocycles. The van der Waals surface area contributed by atoms with Crippen molar-refractivity contribution in [1.29, 1.82) is 0 Å². The van der Waals surface area contributed by atoms with Crippen LogP contribution in [-0.4, -0.2) is 30.4 Å². The zero-order chi connectivity index (χ0) is 22.8. The molecule has 3 heterocycles. The molecule has 0 aliphatic rings. The van der Waals surface area contributed by atoms with Crippen LogP contribution in [0.5, 0.6) is 0 Å². The lowest BCUT2D eigenvalue weighted by molar-refractivity contribution is -0.385. The molecule has 0 atom stereocenters. The van der Waals surface area contributed by atoms with Gasteiger partial charge in [-0.3, -0.25) is 24.3 Å². The summed E-state index contributed by atoms with van der Waals surface area (Å²) in [6, 6.07) is 6.89. The number of rotatable bonds is 7. The monoisotopic (exact) mass is 510 g/mol. The molecule has 0 bridgehead atoms. The highest BCUT2D eigenvalue weighted by molar-refractivity contribution is 7.12. The smallest absolute Gasteiger partial charge is 0.303 e. The fourth-order valence-electron chi connectivity index (χ4n) is 2.88. The molecule has 0 radical (unpaired) electrons. The number of nitro groups is 1. The Hall–Kier alpha value is -2.92. The quantitative estimate of drug-likeness (QED) is 0.265. The van der Waals surface area contributed by atoms with E-state index in [1.807, 2.05) is 0 Å². The summed E-state index contributed by atoms with van der Waals surface area (Å²) in [4.78, 5) is 23.3. The predicted molar refractivity (Wildman–Crippen MR) is 123 cm³/mol. The Labute approximate surface area is 200 Å². The lowest BCUT2D eigenvalue weighted by atomic mass is 10.2. The Morgan fingerprint density at radius 3 is 2.56 bits per heavy atom. The van der Waals surface area contributed by atoms with Crippen molar-refractivity contribution in [2.24, 2.45) is 0 Å². The minimum absolute atomic E-state index is 0.0958. The molecule has 1 N–H and O–H groups in total. The van der Waals surface area contributed by atoms with Crippen LogP contribution in [0.1, 0.15) is 20.8 Å². The fourth-order valence-corrected chi connectivity index (χ4v) is 4.39. The topological polar surface area (TPSA) is 108 Å². The maximum Gasteiger partial charge on any atom is 0.307 e. The van der Waals surface area contributed by atoms with Gasteiger partial charge >= 0.3 is 5.69 Å². The summed E-state index contributed by atoms with van der Waals surface area (Å²) < 4.78 is 2.97. The first-order chi connectivity index (χ1) is 15.3. The minimum atomic E-state index is -0.515. The summed E-state index contributed by atoms with van der Waals surface area (Å²) in [5, 5.41) is 24.8. The third-order valence-electron chi connectivity index (χ3n) is 4.38. The third-order valence-corrected chi connectivity index (χ3v) is 6.35. The number of anilines is 1. The highest BCUT2D eigenvalue weighted by Gasteiger charge is 2.16. The van der Waals surface area contributed by atoms with Gasteiger partial charge in [0, 0.05) is 21.8 Å². The molecule has 4 aromatic rings. The maximum absolute atomic E-state index is 12.6. The number of hydrogen-bond acceptors (Lipinski definition) is 6. The number of hydrogen-bond donors (Lipinski definition) is 1. The lowest BCUT2D eigenvalue weighted by Gasteiger charge is -2.06. The van der Waals surface area contributed by atoms with Crippen molar-refractivity contribution in [2.45, 2.75) is 13.1 Å². The molecular formula is C19H13Cl3N6O3S. The largest absolute Gasteiger partial charge is 0.307 e. The lowest BCUT2D eigenvalue weighted by Crippen LogP contribution is -2.12. The molecule has 0 fully saturated rings. The average Bonchev–Trinajstić information content (AvgIpc) is 3.46. The van der Waals surface area contributed by atoms with Gasteiger partial charge < -0.3 is 5.32 Å². The van der Waals surface area contributed by atoms with Gasteiger partial charge in [-0.2, -0.15) is 10.2 Å². The van der Waals surface area contributed by atoms with Gasteiger partial charge in [0.25, 0.3) is 5.91 Å². The van der Waals surface area contributed by atoms with Crippen LogP contribution in [0.15, 0.2) is 48.2 Å². The van der Waals surface area contributed by atoms with E-state index in [-0.39, 0.29) is 29.0 Å². The van der Waals surface area contributed by atoms with E-state index in [0.29, 0.717) is 27.0 Å². The molecular weight excluding hydrogens is 499 g/mol. The SMILES string of the molecule is O=C(Nc1nn(Cc2c(Cl)cccc2Cl)cc1Cl)c1cc(Cn2cc([N+](=O)[O-])cn2)cs1. The van der Waals surface area contributed by atoms with Crippen molar-refractivity contribution in [3.8, 4) is 0 Å². The van der Waals surface area contributed by atoms with E-state index in [1.54, 1.807) is 35.8 Å². The van der Waals surface area contributed by atoms with E-state index in [4.69, 9.17) is 34.8 Å². The first kappa shape index (κ1) is 22.3. The molecule has 1 amide bonds. The van der Waals surface area contributed by atoms with Crippen LogP contribution < -0.4 is 5.32 Å². The number of carbonyl (C=O) groups is 1. The Kier molecular flexibility index (Phi) is 6.47. The van der Waals surface area contributed by atoms with E-state index in [9.17, 15) is 14.9 Å². The molecule has 164 valence electrons.